The standard InChI is InChI=1S/C7H3ClF3N3O/c8-3-1-2-12-5-4(3)14(15)6(13-5)7(9,10)11/h1-2,15H. The van der Waals surface area contributed by atoms with Gasteiger partial charge in [0.05, 0.1) is 5.02 Å². The molecule has 2 rings (SSSR count). The Balaban J connectivity index is 2.82. The first-order chi connectivity index (χ1) is 6.91. The van der Waals surface area contributed by atoms with Crippen LogP contribution in [0.4, 0.5) is 13.2 Å². The number of imidazole rings is 1. The molecule has 0 spiro atoms. The molecule has 0 fully saturated rings. The highest BCUT2D eigenvalue weighted by atomic mass is 35.5. The van der Waals surface area contributed by atoms with E-state index >= 15 is 0 Å². The lowest BCUT2D eigenvalue weighted by Crippen LogP contribution is -2.13. The maximum absolute atomic E-state index is 12.3. The highest BCUT2D eigenvalue weighted by molar-refractivity contribution is 6.34. The highest BCUT2D eigenvalue weighted by Gasteiger charge is 2.38. The minimum atomic E-state index is -4.75. The Kier molecular flexibility index (Phi) is 2.00. The lowest BCUT2D eigenvalue weighted by atomic mass is 10.4. The first-order valence-corrected chi connectivity index (χ1v) is 4.08. The van der Waals surface area contributed by atoms with Crippen LogP contribution in [0.5, 0.6) is 0 Å². The molecule has 0 radical (unpaired) electrons. The number of fused-ring (bicyclic) bond motifs is 1. The molecule has 0 atom stereocenters. The number of nitrogens with zero attached hydrogens (tertiary/aromatic N) is 3. The molecule has 2 aromatic rings. The molecule has 0 aromatic carbocycles. The van der Waals surface area contributed by atoms with Gasteiger partial charge in [-0.25, -0.2) is 9.97 Å². The highest BCUT2D eigenvalue weighted by Crippen LogP contribution is 2.31. The molecule has 8 heteroatoms. The fraction of sp³-hybridized carbons (Fsp3) is 0.143. The van der Waals surface area contributed by atoms with Crippen molar-refractivity contribution in [3.63, 3.8) is 0 Å². The second-order valence-electron chi connectivity index (χ2n) is 2.71. The Morgan fingerprint density at radius 2 is 2.07 bits per heavy atom. The Morgan fingerprint density at radius 3 is 2.60 bits per heavy atom. The van der Waals surface area contributed by atoms with Crippen LogP contribution in [0.3, 0.4) is 0 Å². The largest absolute Gasteiger partial charge is 0.453 e. The average Bonchev–Trinajstić information content (AvgIpc) is 2.44. The third-order valence-electron chi connectivity index (χ3n) is 1.73. The van der Waals surface area contributed by atoms with Crippen molar-refractivity contribution in [2.24, 2.45) is 0 Å². The van der Waals surface area contributed by atoms with Gasteiger partial charge in [0.15, 0.2) is 5.65 Å². The van der Waals surface area contributed by atoms with Crippen molar-refractivity contribution in [1.29, 1.82) is 0 Å². The summed E-state index contributed by atoms with van der Waals surface area (Å²) in [6.45, 7) is 0. The summed E-state index contributed by atoms with van der Waals surface area (Å²) >= 11 is 5.60. The number of alkyl halides is 3. The van der Waals surface area contributed by atoms with E-state index < -0.39 is 12.0 Å². The molecule has 4 nitrogen and oxygen atoms in total. The van der Waals surface area contributed by atoms with Gasteiger partial charge in [-0.1, -0.05) is 11.6 Å². The summed E-state index contributed by atoms with van der Waals surface area (Å²) in [7, 11) is 0. The van der Waals surface area contributed by atoms with Crippen LogP contribution >= 0.6 is 11.6 Å². The minimum Gasteiger partial charge on any atom is -0.426 e. The number of hydrogen-bond acceptors (Lipinski definition) is 3. The van der Waals surface area contributed by atoms with E-state index in [1.807, 2.05) is 0 Å². The van der Waals surface area contributed by atoms with Gasteiger partial charge in [-0.3, -0.25) is 0 Å². The molecular weight excluding hydrogens is 235 g/mol. The molecule has 80 valence electrons. The smallest absolute Gasteiger partial charge is 0.426 e. The van der Waals surface area contributed by atoms with Crippen LogP contribution in [0.25, 0.3) is 11.2 Å². The van der Waals surface area contributed by atoms with Gasteiger partial charge in [0.25, 0.3) is 5.82 Å². The maximum Gasteiger partial charge on any atom is 0.453 e. The number of aromatic nitrogens is 3. The summed E-state index contributed by atoms with van der Waals surface area (Å²) in [4.78, 5) is 6.70. The van der Waals surface area contributed by atoms with Gasteiger partial charge < -0.3 is 5.21 Å². The fourth-order valence-corrected chi connectivity index (χ4v) is 1.36. The Bertz CT molecular complexity index is 522. The van der Waals surface area contributed by atoms with Crippen molar-refractivity contribution in [2.45, 2.75) is 6.18 Å². The van der Waals surface area contributed by atoms with Gasteiger partial charge in [-0.2, -0.15) is 17.9 Å². The minimum absolute atomic E-state index is 0.0505. The van der Waals surface area contributed by atoms with E-state index in [2.05, 4.69) is 9.97 Å². The molecule has 0 amide bonds. The lowest BCUT2D eigenvalue weighted by molar-refractivity contribution is -0.153. The molecule has 15 heavy (non-hydrogen) atoms. The number of rotatable bonds is 0. The van der Waals surface area contributed by atoms with Gasteiger partial charge in [-0.15, -0.1) is 0 Å². The molecule has 0 bridgehead atoms. The van der Waals surface area contributed by atoms with Gasteiger partial charge in [-0.05, 0) is 6.07 Å². The number of pyridine rings is 1. The summed E-state index contributed by atoms with van der Waals surface area (Å²) in [6, 6.07) is 1.26. The van der Waals surface area contributed by atoms with Crippen LogP contribution in [0.1, 0.15) is 5.82 Å². The zero-order valence-corrected chi connectivity index (χ0v) is 7.71. The van der Waals surface area contributed by atoms with Crippen molar-refractivity contribution < 1.29 is 18.4 Å². The Morgan fingerprint density at radius 1 is 1.40 bits per heavy atom. The van der Waals surface area contributed by atoms with E-state index in [1.165, 1.54) is 12.3 Å². The molecule has 1 N–H and O–H groups in total. The van der Waals surface area contributed by atoms with E-state index in [4.69, 9.17) is 11.6 Å². The van der Waals surface area contributed by atoms with E-state index in [9.17, 15) is 18.4 Å². The molecule has 0 saturated carbocycles. The predicted molar refractivity (Wildman–Crippen MR) is 44.7 cm³/mol. The van der Waals surface area contributed by atoms with Crippen LogP contribution in [0.15, 0.2) is 12.3 Å². The molecular formula is C7H3ClF3N3O. The molecule has 0 aliphatic heterocycles. The maximum atomic E-state index is 12.3. The summed E-state index contributed by atoms with van der Waals surface area (Å²) in [5, 5.41) is 9.17. The van der Waals surface area contributed by atoms with E-state index in [0.717, 1.165) is 0 Å². The van der Waals surface area contributed by atoms with Gasteiger partial charge >= 0.3 is 6.18 Å². The van der Waals surface area contributed by atoms with Crippen LogP contribution < -0.4 is 0 Å². The SMILES string of the molecule is On1c(C(F)(F)F)nc2nccc(Cl)c21. The van der Waals surface area contributed by atoms with Crippen LogP contribution in [0, 0.1) is 0 Å². The van der Waals surface area contributed by atoms with Gasteiger partial charge in [0.1, 0.15) is 5.52 Å². The van der Waals surface area contributed by atoms with Crippen molar-refractivity contribution >= 4 is 22.8 Å². The van der Waals surface area contributed by atoms with Crippen LogP contribution in [0.2, 0.25) is 5.02 Å². The van der Waals surface area contributed by atoms with Crippen LogP contribution in [-0.4, -0.2) is 19.9 Å². The fourth-order valence-electron chi connectivity index (χ4n) is 1.13. The number of hydrogen-bond donors (Lipinski definition) is 1. The third-order valence-corrected chi connectivity index (χ3v) is 2.04. The van der Waals surface area contributed by atoms with Crippen molar-refractivity contribution in [3.8, 4) is 0 Å². The Labute approximate surface area is 85.9 Å². The summed E-state index contributed by atoms with van der Waals surface area (Å²) < 4.78 is 36.8. The summed E-state index contributed by atoms with van der Waals surface area (Å²) in [5.41, 5.74) is -0.510. The second kappa shape index (κ2) is 2.99. The topological polar surface area (TPSA) is 50.9 Å². The zero-order chi connectivity index (χ0) is 11.2. The van der Waals surface area contributed by atoms with Crippen molar-refractivity contribution in [1.82, 2.24) is 14.7 Å². The quantitative estimate of drug-likeness (QED) is 0.716. The lowest BCUT2D eigenvalue weighted by Gasteiger charge is -2.03. The first kappa shape index (κ1) is 10.0. The van der Waals surface area contributed by atoms with E-state index in [0.29, 0.717) is 0 Å². The monoisotopic (exact) mass is 237 g/mol. The van der Waals surface area contributed by atoms with Gasteiger partial charge in [0, 0.05) is 6.20 Å². The average molecular weight is 238 g/mol. The van der Waals surface area contributed by atoms with E-state index in [-0.39, 0.29) is 20.9 Å². The van der Waals surface area contributed by atoms with Crippen molar-refractivity contribution in [3.05, 3.63) is 23.1 Å². The second-order valence-corrected chi connectivity index (χ2v) is 3.12. The molecule has 0 aliphatic rings. The normalized spacial score (nSPS) is 12.3. The zero-order valence-electron chi connectivity index (χ0n) is 6.96. The van der Waals surface area contributed by atoms with Crippen LogP contribution in [-0.2, 0) is 6.18 Å². The predicted octanol–water partition coefficient (Wildman–Crippen LogP) is 2.34. The third kappa shape index (κ3) is 1.48. The molecule has 2 aromatic heterocycles. The van der Waals surface area contributed by atoms with E-state index in [1.54, 1.807) is 0 Å². The number of halogens is 4. The molecule has 0 saturated heterocycles. The molecule has 2 heterocycles. The molecule has 0 unspecified atom stereocenters. The Hall–Kier alpha value is -1.50. The first-order valence-electron chi connectivity index (χ1n) is 3.70. The summed E-state index contributed by atoms with van der Waals surface area (Å²) in [5.74, 6) is -1.45. The molecule has 0 aliphatic carbocycles. The van der Waals surface area contributed by atoms with Crippen molar-refractivity contribution in [2.75, 3.05) is 0 Å². The van der Waals surface area contributed by atoms with Gasteiger partial charge in [0.2, 0.25) is 0 Å². The summed E-state index contributed by atoms with van der Waals surface area (Å²) in [6.07, 6.45) is -3.55.